The normalized spacial score (nSPS) is 16.0. The van der Waals surface area contributed by atoms with Crippen molar-refractivity contribution in [1.82, 2.24) is 9.97 Å². The maximum atomic E-state index is 13.8. The summed E-state index contributed by atoms with van der Waals surface area (Å²) in [6.07, 6.45) is 4.20. The molecule has 1 saturated heterocycles. The molecule has 0 aliphatic carbocycles. The molecule has 1 aliphatic heterocycles. The lowest BCUT2D eigenvalue weighted by Gasteiger charge is -2.44. The summed E-state index contributed by atoms with van der Waals surface area (Å²) in [5.74, 6) is 0.208. The van der Waals surface area contributed by atoms with Crippen LogP contribution in [0.15, 0.2) is 108 Å². The van der Waals surface area contributed by atoms with Crippen LogP contribution in [0.1, 0.15) is 27.2 Å². The van der Waals surface area contributed by atoms with E-state index in [0.717, 1.165) is 10.4 Å². The molecule has 1 amide bonds. The number of pyridine rings is 1. The van der Waals surface area contributed by atoms with Gasteiger partial charge in [-0.15, -0.1) is 17.9 Å². The molecule has 218 valence electrons. The maximum Gasteiger partial charge on any atom is 0.267 e. The first-order chi connectivity index (χ1) is 20.1. The molecule has 0 unspecified atom stereocenters. The summed E-state index contributed by atoms with van der Waals surface area (Å²) in [7, 11) is -6.86. The molecular formula is C31H34N4O4S2Si. The van der Waals surface area contributed by atoms with Crippen molar-refractivity contribution in [3.8, 4) is 0 Å². The maximum absolute atomic E-state index is 13.8. The summed E-state index contributed by atoms with van der Waals surface area (Å²) in [5.41, 5.74) is 0. The molecule has 42 heavy (non-hydrogen) atoms. The number of anilines is 2. The van der Waals surface area contributed by atoms with Gasteiger partial charge < -0.3 is 4.43 Å². The number of benzene rings is 2. The first-order valence-electron chi connectivity index (χ1n) is 13.7. The molecule has 0 saturated carbocycles. The number of aromatic nitrogens is 2. The van der Waals surface area contributed by atoms with Crippen LogP contribution in [0.2, 0.25) is 5.04 Å². The Morgan fingerprint density at radius 2 is 1.69 bits per heavy atom. The molecule has 2 aromatic heterocycles. The van der Waals surface area contributed by atoms with E-state index in [1.165, 1.54) is 34.0 Å². The largest absolute Gasteiger partial charge is 0.395 e. The first-order valence-corrected chi connectivity index (χ1v) is 17.9. The summed E-state index contributed by atoms with van der Waals surface area (Å²) in [4.78, 5) is 24.0. The highest BCUT2D eigenvalue weighted by atomic mass is 32.2. The number of nitrogens with zero attached hydrogens (tertiary/aromatic N) is 4. The monoisotopic (exact) mass is 618 g/mol. The minimum Gasteiger partial charge on any atom is -0.395 e. The molecule has 0 bridgehead atoms. The van der Waals surface area contributed by atoms with Gasteiger partial charge in [0.05, 0.1) is 6.54 Å². The molecule has 3 heterocycles. The van der Waals surface area contributed by atoms with Crippen LogP contribution in [0.3, 0.4) is 0 Å². The van der Waals surface area contributed by atoms with Gasteiger partial charge >= 0.3 is 0 Å². The molecule has 8 nitrogen and oxygen atoms in total. The molecule has 1 fully saturated rings. The summed E-state index contributed by atoms with van der Waals surface area (Å²) >= 11 is 1.22. The number of carbonyl (C=O) groups excluding carboxylic acids is 1. The summed E-state index contributed by atoms with van der Waals surface area (Å²) in [5, 5.41) is 4.00. The van der Waals surface area contributed by atoms with Gasteiger partial charge in [0.1, 0.15) is 16.8 Å². The molecule has 1 aliphatic rings. The fourth-order valence-electron chi connectivity index (χ4n) is 5.44. The number of carbonyl (C=O) groups is 1. The molecule has 1 atom stereocenters. The molecule has 5 rings (SSSR count). The van der Waals surface area contributed by atoms with Crippen molar-refractivity contribution in [2.24, 2.45) is 0 Å². The predicted molar refractivity (Wildman–Crippen MR) is 171 cm³/mol. The van der Waals surface area contributed by atoms with Gasteiger partial charge in [0, 0.05) is 24.3 Å². The van der Waals surface area contributed by atoms with E-state index in [1.807, 2.05) is 36.4 Å². The van der Waals surface area contributed by atoms with Crippen molar-refractivity contribution < 1.29 is 17.6 Å². The third-order valence-electron chi connectivity index (χ3n) is 7.41. The van der Waals surface area contributed by atoms with Crippen LogP contribution in [0.4, 0.5) is 10.9 Å². The molecule has 11 heteroatoms. The van der Waals surface area contributed by atoms with Gasteiger partial charge in [-0.05, 0) is 34.0 Å². The van der Waals surface area contributed by atoms with Gasteiger partial charge in [-0.25, -0.2) is 22.7 Å². The smallest absolute Gasteiger partial charge is 0.267 e. The summed E-state index contributed by atoms with van der Waals surface area (Å²) < 4.78 is 35.1. The number of hydrogen-bond donors (Lipinski definition) is 0. The van der Waals surface area contributed by atoms with Crippen LogP contribution >= 0.6 is 11.3 Å². The highest BCUT2D eigenvalue weighted by Gasteiger charge is 2.53. The van der Waals surface area contributed by atoms with E-state index in [1.54, 1.807) is 22.5 Å². The number of sulfonamides is 1. The van der Waals surface area contributed by atoms with Gasteiger partial charge in [-0.3, -0.25) is 9.69 Å². The van der Waals surface area contributed by atoms with E-state index in [9.17, 15) is 13.2 Å². The van der Waals surface area contributed by atoms with E-state index in [0.29, 0.717) is 23.9 Å². The Kier molecular flexibility index (Phi) is 8.47. The Hall–Kier alpha value is -3.64. The van der Waals surface area contributed by atoms with Crippen LogP contribution < -0.4 is 19.6 Å². The minimum atomic E-state index is -3.93. The lowest BCUT2D eigenvalue weighted by molar-refractivity contribution is -0.123. The number of rotatable bonds is 10. The van der Waals surface area contributed by atoms with Crippen LogP contribution in [-0.4, -0.2) is 51.8 Å². The highest BCUT2D eigenvalue weighted by molar-refractivity contribution is 7.93. The molecule has 2 aromatic carbocycles. The fourth-order valence-corrected chi connectivity index (χ4v) is 12.3. The van der Waals surface area contributed by atoms with E-state index < -0.39 is 24.4 Å². The van der Waals surface area contributed by atoms with Gasteiger partial charge in [-0.2, -0.15) is 0 Å². The molecule has 0 N–H and O–H groups in total. The van der Waals surface area contributed by atoms with Crippen molar-refractivity contribution in [3.05, 3.63) is 103 Å². The third-order valence-corrected chi connectivity index (χ3v) is 15.1. The lowest BCUT2D eigenvalue weighted by Crippen LogP contribution is -2.68. The minimum absolute atomic E-state index is 0.00931. The van der Waals surface area contributed by atoms with Crippen LogP contribution in [-0.2, 0) is 19.2 Å². The average molecular weight is 619 g/mol. The van der Waals surface area contributed by atoms with Crippen LogP contribution in [0.25, 0.3) is 0 Å². The fraction of sp³-hybridized carbons (Fsp3) is 0.258. The van der Waals surface area contributed by atoms with Crippen molar-refractivity contribution in [2.45, 2.75) is 43.2 Å². The topological polar surface area (TPSA) is 92.7 Å². The summed E-state index contributed by atoms with van der Waals surface area (Å²) in [6, 6.07) is 23.5. The molecular weight excluding hydrogens is 585 g/mol. The Bertz CT molecular complexity index is 1590. The summed E-state index contributed by atoms with van der Waals surface area (Å²) in [6.45, 7) is 10.7. The third kappa shape index (κ3) is 5.45. The number of amides is 1. The second kappa shape index (κ2) is 11.9. The Morgan fingerprint density at radius 1 is 1.05 bits per heavy atom. The van der Waals surface area contributed by atoms with Gasteiger partial charge in [0.15, 0.2) is 5.13 Å². The van der Waals surface area contributed by atoms with Crippen LogP contribution in [0.5, 0.6) is 0 Å². The van der Waals surface area contributed by atoms with Crippen molar-refractivity contribution in [1.29, 1.82) is 0 Å². The van der Waals surface area contributed by atoms with Crippen LogP contribution in [0, 0.1) is 0 Å². The second-order valence-electron chi connectivity index (χ2n) is 11.0. The quantitative estimate of drug-likeness (QED) is 0.191. The second-order valence-corrected chi connectivity index (χ2v) is 18.0. The van der Waals surface area contributed by atoms with E-state index in [4.69, 9.17) is 4.43 Å². The SMILES string of the molecule is C=CCN(c1nccs1)S(=O)(=O)c1ccc(N2CC[C@H](O[Si](c3ccccc3)(c3ccccc3)C(C)(C)C)C2=O)nc1. The highest BCUT2D eigenvalue weighted by Crippen LogP contribution is 2.39. The average Bonchev–Trinajstić information content (AvgIpc) is 3.65. The molecule has 4 aromatic rings. The number of thiazole rings is 1. The Morgan fingerprint density at radius 3 is 2.19 bits per heavy atom. The molecule has 0 spiro atoms. The zero-order valence-electron chi connectivity index (χ0n) is 23.9. The van der Waals surface area contributed by atoms with Crippen molar-refractivity contribution >= 4 is 56.9 Å². The zero-order valence-corrected chi connectivity index (χ0v) is 26.5. The lowest BCUT2D eigenvalue weighted by atomic mass is 10.2. The predicted octanol–water partition coefficient (Wildman–Crippen LogP) is 4.60. The van der Waals surface area contributed by atoms with Gasteiger partial charge in [0.2, 0.25) is 0 Å². The van der Waals surface area contributed by atoms with E-state index >= 15 is 0 Å². The Balaban J connectivity index is 1.43. The van der Waals surface area contributed by atoms with Crippen molar-refractivity contribution in [3.63, 3.8) is 0 Å². The van der Waals surface area contributed by atoms with E-state index in [-0.39, 0.29) is 22.4 Å². The molecule has 0 radical (unpaired) electrons. The number of hydrogen-bond acceptors (Lipinski definition) is 7. The van der Waals surface area contributed by atoms with Gasteiger partial charge in [0.25, 0.3) is 24.2 Å². The van der Waals surface area contributed by atoms with E-state index in [2.05, 4.69) is 61.6 Å². The van der Waals surface area contributed by atoms with Gasteiger partial charge in [-0.1, -0.05) is 87.5 Å². The Labute approximate surface area is 252 Å². The standard InChI is InChI=1S/C31H34N4O4S2Si/c1-5-20-35(30-32-19-22-40-30)41(37,38)24-16-17-28(33-23-24)34-21-18-27(29(34)36)39-42(31(2,3)4,25-12-8-6-9-13-25)26-14-10-7-11-15-26/h5-17,19,22-23,27H,1,18,20-21H2,2-4H3/t27-/m0/s1. The van der Waals surface area contributed by atoms with Crippen molar-refractivity contribution in [2.75, 3.05) is 22.3 Å². The zero-order chi connectivity index (χ0) is 30.0. The first kappa shape index (κ1) is 29.8.